The molecule has 1 heterocycles. The Morgan fingerprint density at radius 1 is 1.38 bits per heavy atom. The van der Waals surface area contributed by atoms with Gasteiger partial charge < -0.3 is 20.5 Å². The van der Waals surface area contributed by atoms with Crippen LogP contribution in [-0.4, -0.2) is 41.0 Å². The molecule has 3 N–H and O–H groups in total. The topological polar surface area (TPSA) is 83.7 Å². The van der Waals surface area contributed by atoms with E-state index in [9.17, 15) is 5.11 Å². The summed E-state index contributed by atoms with van der Waals surface area (Å²) in [5.41, 5.74) is 4.25. The van der Waals surface area contributed by atoms with Crippen molar-refractivity contribution in [3.05, 3.63) is 40.7 Å². The SMILES string of the molecule is CN=C(NCc1cc(OC)ccc1O)NC(C)Cc1c(C)nn(C)c1C. The number of nitrogens with zero attached hydrogens (tertiary/aromatic N) is 3. The van der Waals surface area contributed by atoms with Crippen LogP contribution in [0.15, 0.2) is 23.2 Å². The largest absolute Gasteiger partial charge is 0.508 e. The van der Waals surface area contributed by atoms with Gasteiger partial charge in [0, 0.05) is 37.9 Å². The summed E-state index contributed by atoms with van der Waals surface area (Å²) >= 11 is 0. The van der Waals surface area contributed by atoms with Crippen LogP contribution in [0.4, 0.5) is 0 Å². The van der Waals surface area contributed by atoms with E-state index in [4.69, 9.17) is 4.74 Å². The van der Waals surface area contributed by atoms with Crippen molar-refractivity contribution in [2.24, 2.45) is 12.0 Å². The number of ether oxygens (including phenoxy) is 1. The van der Waals surface area contributed by atoms with Crippen LogP contribution in [0.25, 0.3) is 0 Å². The van der Waals surface area contributed by atoms with Crippen molar-refractivity contribution < 1.29 is 9.84 Å². The molecule has 0 saturated heterocycles. The Kier molecular flexibility index (Phi) is 6.49. The van der Waals surface area contributed by atoms with Crippen LogP contribution in [0.1, 0.15) is 29.4 Å². The Morgan fingerprint density at radius 3 is 2.69 bits per heavy atom. The van der Waals surface area contributed by atoms with E-state index in [-0.39, 0.29) is 11.8 Å². The molecule has 0 bridgehead atoms. The zero-order chi connectivity index (χ0) is 19.3. The first-order chi connectivity index (χ1) is 12.3. The van der Waals surface area contributed by atoms with Crippen molar-refractivity contribution in [3.63, 3.8) is 0 Å². The van der Waals surface area contributed by atoms with E-state index in [0.717, 1.165) is 17.7 Å². The van der Waals surface area contributed by atoms with E-state index in [0.29, 0.717) is 18.3 Å². The third-order valence-corrected chi connectivity index (χ3v) is 4.51. The van der Waals surface area contributed by atoms with Crippen LogP contribution >= 0.6 is 0 Å². The van der Waals surface area contributed by atoms with Gasteiger partial charge in [0.25, 0.3) is 0 Å². The number of methoxy groups -OCH3 is 1. The Hall–Kier alpha value is -2.70. The van der Waals surface area contributed by atoms with Crippen LogP contribution < -0.4 is 15.4 Å². The highest BCUT2D eigenvalue weighted by molar-refractivity contribution is 5.80. The van der Waals surface area contributed by atoms with Crippen molar-refractivity contribution >= 4 is 5.96 Å². The first-order valence-electron chi connectivity index (χ1n) is 8.67. The van der Waals surface area contributed by atoms with Crippen molar-refractivity contribution in [1.82, 2.24) is 20.4 Å². The molecule has 7 nitrogen and oxygen atoms in total. The highest BCUT2D eigenvalue weighted by Crippen LogP contribution is 2.22. The summed E-state index contributed by atoms with van der Waals surface area (Å²) in [5.74, 6) is 1.61. The van der Waals surface area contributed by atoms with Crippen LogP contribution in [0, 0.1) is 13.8 Å². The van der Waals surface area contributed by atoms with E-state index in [1.54, 1.807) is 32.4 Å². The molecular formula is C19H29N5O2. The predicted octanol–water partition coefficient (Wildman–Crippen LogP) is 2.05. The second kappa shape index (κ2) is 8.60. The molecule has 1 atom stereocenters. The number of phenolic OH excluding ortho intramolecular Hbond substituents is 1. The van der Waals surface area contributed by atoms with Gasteiger partial charge in [0.15, 0.2) is 5.96 Å². The summed E-state index contributed by atoms with van der Waals surface area (Å²) in [6, 6.07) is 5.35. The van der Waals surface area contributed by atoms with Crippen molar-refractivity contribution in [3.8, 4) is 11.5 Å². The fourth-order valence-electron chi connectivity index (χ4n) is 2.91. The van der Waals surface area contributed by atoms with Gasteiger partial charge >= 0.3 is 0 Å². The Balaban J connectivity index is 1.97. The summed E-state index contributed by atoms with van der Waals surface area (Å²) in [5, 5.41) is 21.1. The lowest BCUT2D eigenvalue weighted by molar-refractivity contribution is 0.410. The first kappa shape index (κ1) is 19.6. The zero-order valence-electron chi connectivity index (χ0n) is 16.4. The number of aryl methyl sites for hydroxylation is 2. The molecule has 0 amide bonds. The van der Waals surface area contributed by atoms with Crippen LogP contribution in [-0.2, 0) is 20.0 Å². The molecule has 0 radical (unpaired) electrons. The highest BCUT2D eigenvalue weighted by atomic mass is 16.5. The number of hydrogen-bond donors (Lipinski definition) is 3. The molecule has 2 rings (SSSR count). The third kappa shape index (κ3) is 4.68. The quantitative estimate of drug-likeness (QED) is 0.543. The van der Waals surface area contributed by atoms with Gasteiger partial charge in [-0.3, -0.25) is 9.67 Å². The maximum absolute atomic E-state index is 9.99. The number of benzene rings is 1. The Morgan fingerprint density at radius 2 is 2.12 bits per heavy atom. The van der Waals surface area contributed by atoms with Gasteiger partial charge in [-0.25, -0.2) is 0 Å². The lowest BCUT2D eigenvalue weighted by Gasteiger charge is -2.18. The number of aliphatic imine (C=N–C) groups is 1. The molecule has 0 aliphatic rings. The molecule has 0 spiro atoms. The summed E-state index contributed by atoms with van der Waals surface area (Å²) in [4.78, 5) is 4.27. The molecule has 0 aliphatic carbocycles. The van der Waals surface area contributed by atoms with Gasteiger partial charge in [-0.15, -0.1) is 0 Å². The van der Waals surface area contributed by atoms with E-state index in [1.165, 1.54) is 11.3 Å². The molecule has 142 valence electrons. The Labute approximate surface area is 155 Å². The molecule has 1 aromatic heterocycles. The zero-order valence-corrected chi connectivity index (χ0v) is 16.4. The second-order valence-corrected chi connectivity index (χ2v) is 6.44. The van der Waals surface area contributed by atoms with Crippen molar-refractivity contribution in [2.45, 2.75) is 39.8 Å². The van der Waals surface area contributed by atoms with Gasteiger partial charge in [-0.05, 0) is 51.0 Å². The molecule has 0 saturated carbocycles. The molecule has 0 fully saturated rings. The van der Waals surface area contributed by atoms with Gasteiger partial charge in [0.1, 0.15) is 11.5 Å². The number of aromatic nitrogens is 2. The standard InChI is InChI=1S/C19H29N5O2/c1-12(9-17-13(2)23-24(5)14(17)3)22-19(20-4)21-11-15-10-16(26-6)7-8-18(15)25/h7-8,10,12,25H,9,11H2,1-6H3,(H2,20,21,22). The summed E-state index contributed by atoms with van der Waals surface area (Å²) < 4.78 is 7.12. The summed E-state index contributed by atoms with van der Waals surface area (Å²) in [6.45, 7) is 6.68. The third-order valence-electron chi connectivity index (χ3n) is 4.51. The smallest absolute Gasteiger partial charge is 0.191 e. The van der Waals surface area contributed by atoms with Gasteiger partial charge in [0.05, 0.1) is 12.8 Å². The van der Waals surface area contributed by atoms with E-state index >= 15 is 0 Å². The van der Waals surface area contributed by atoms with E-state index in [1.807, 2.05) is 18.7 Å². The average molecular weight is 359 g/mol. The normalized spacial score (nSPS) is 12.8. The number of rotatable bonds is 6. The van der Waals surface area contributed by atoms with Gasteiger partial charge in [-0.2, -0.15) is 5.10 Å². The minimum absolute atomic E-state index is 0.182. The number of guanidine groups is 1. The molecule has 2 aromatic rings. The average Bonchev–Trinajstić information content (AvgIpc) is 2.85. The molecule has 7 heteroatoms. The molecule has 1 aromatic carbocycles. The monoisotopic (exact) mass is 359 g/mol. The maximum Gasteiger partial charge on any atom is 0.191 e. The number of nitrogens with one attached hydrogen (secondary N) is 2. The van der Waals surface area contributed by atoms with Gasteiger partial charge in [0.2, 0.25) is 0 Å². The van der Waals surface area contributed by atoms with E-state index in [2.05, 4.69) is 34.6 Å². The minimum atomic E-state index is 0.182. The fourth-order valence-corrected chi connectivity index (χ4v) is 2.91. The first-order valence-corrected chi connectivity index (χ1v) is 8.67. The van der Waals surface area contributed by atoms with Crippen LogP contribution in [0.3, 0.4) is 0 Å². The molecule has 26 heavy (non-hydrogen) atoms. The summed E-state index contributed by atoms with van der Waals surface area (Å²) in [6.07, 6.45) is 0.858. The van der Waals surface area contributed by atoms with Gasteiger partial charge in [-0.1, -0.05) is 0 Å². The second-order valence-electron chi connectivity index (χ2n) is 6.44. The Bertz CT molecular complexity index is 782. The lowest BCUT2D eigenvalue weighted by atomic mass is 10.1. The number of hydrogen-bond acceptors (Lipinski definition) is 4. The fraction of sp³-hybridized carbons (Fsp3) is 0.474. The predicted molar refractivity (Wildman–Crippen MR) is 104 cm³/mol. The minimum Gasteiger partial charge on any atom is -0.508 e. The molecule has 1 unspecified atom stereocenters. The van der Waals surface area contributed by atoms with Crippen LogP contribution in [0.2, 0.25) is 0 Å². The van der Waals surface area contributed by atoms with Crippen LogP contribution in [0.5, 0.6) is 11.5 Å². The number of aromatic hydroxyl groups is 1. The van der Waals surface area contributed by atoms with Crippen molar-refractivity contribution in [2.75, 3.05) is 14.2 Å². The molecule has 0 aliphatic heterocycles. The maximum atomic E-state index is 9.99. The number of phenols is 1. The highest BCUT2D eigenvalue weighted by Gasteiger charge is 2.14. The van der Waals surface area contributed by atoms with Crippen molar-refractivity contribution in [1.29, 1.82) is 0 Å². The van der Waals surface area contributed by atoms with E-state index < -0.39 is 0 Å². The lowest BCUT2D eigenvalue weighted by Crippen LogP contribution is -2.42. The summed E-state index contributed by atoms with van der Waals surface area (Å²) in [7, 11) is 5.30. The molecular weight excluding hydrogens is 330 g/mol.